The number of hydrogen-bond acceptors (Lipinski definition) is 8. The molecule has 2 saturated carbocycles. The van der Waals surface area contributed by atoms with Crippen molar-refractivity contribution < 1.29 is 27.9 Å². The highest BCUT2D eigenvalue weighted by atomic mass is 19.3. The van der Waals surface area contributed by atoms with Crippen molar-refractivity contribution in [2.24, 2.45) is 5.92 Å². The van der Waals surface area contributed by atoms with Crippen LogP contribution in [0.3, 0.4) is 0 Å². The predicted molar refractivity (Wildman–Crippen MR) is 141 cm³/mol. The van der Waals surface area contributed by atoms with Crippen LogP contribution < -0.4 is 15.4 Å². The van der Waals surface area contributed by atoms with Gasteiger partial charge in [0.05, 0.1) is 12.6 Å². The molecule has 4 atom stereocenters. The lowest BCUT2D eigenvalue weighted by Crippen LogP contribution is -2.56. The first-order valence-electron chi connectivity index (χ1n) is 13.5. The van der Waals surface area contributed by atoms with E-state index in [2.05, 4.69) is 20.6 Å². The van der Waals surface area contributed by atoms with Gasteiger partial charge in [-0.25, -0.2) is 18.7 Å². The zero-order valence-electron chi connectivity index (χ0n) is 22.2. The van der Waals surface area contributed by atoms with Gasteiger partial charge in [0.2, 0.25) is 11.8 Å². The first-order valence-corrected chi connectivity index (χ1v) is 13.5. The van der Waals surface area contributed by atoms with Gasteiger partial charge in [-0.2, -0.15) is 0 Å². The van der Waals surface area contributed by atoms with E-state index in [1.807, 2.05) is 0 Å². The second-order valence-corrected chi connectivity index (χ2v) is 10.6. The summed E-state index contributed by atoms with van der Waals surface area (Å²) in [6, 6.07) is 4.39. The first-order chi connectivity index (χ1) is 19.1. The molecule has 212 valence electrons. The molecule has 12 heteroatoms. The highest BCUT2D eigenvalue weighted by Crippen LogP contribution is 2.48. The van der Waals surface area contributed by atoms with Crippen molar-refractivity contribution in [1.29, 1.82) is 5.41 Å². The Bertz CT molecular complexity index is 1310. The van der Waals surface area contributed by atoms with E-state index in [0.717, 1.165) is 6.42 Å². The quantitative estimate of drug-likeness (QED) is 0.384. The van der Waals surface area contributed by atoms with E-state index in [0.29, 0.717) is 36.5 Å². The number of fused-ring (bicyclic) bond motifs is 1. The molecule has 10 nitrogen and oxygen atoms in total. The van der Waals surface area contributed by atoms with E-state index >= 15 is 0 Å². The number of ether oxygens (including phenoxy) is 1. The number of nitrogens with one attached hydrogen (secondary N) is 3. The number of aromatic nitrogens is 2. The van der Waals surface area contributed by atoms with Crippen molar-refractivity contribution in [1.82, 2.24) is 20.2 Å². The average molecular weight is 555 g/mol. The van der Waals surface area contributed by atoms with E-state index in [9.17, 15) is 23.2 Å². The molecular formula is C28H32F2N6O4. The number of amides is 2. The number of hydrogen-bond donors (Lipinski definition) is 3. The smallest absolute Gasteiger partial charge is 0.267 e. The fraction of sp³-hybridized carbons (Fsp3) is 0.500. The van der Waals surface area contributed by atoms with Crippen LogP contribution in [0.4, 0.5) is 14.5 Å². The molecule has 1 aromatic heterocycles. The summed E-state index contributed by atoms with van der Waals surface area (Å²) >= 11 is 0. The van der Waals surface area contributed by atoms with Crippen LogP contribution in [-0.2, 0) is 21.0 Å². The molecule has 0 bridgehead atoms. The van der Waals surface area contributed by atoms with Gasteiger partial charge in [-0.3, -0.25) is 19.8 Å². The Morgan fingerprint density at radius 1 is 1.18 bits per heavy atom. The maximum Gasteiger partial charge on any atom is 0.267 e. The van der Waals surface area contributed by atoms with Gasteiger partial charge in [0, 0.05) is 43.0 Å². The largest absolute Gasteiger partial charge is 0.486 e. The van der Waals surface area contributed by atoms with Crippen molar-refractivity contribution >= 4 is 29.0 Å². The highest BCUT2D eigenvalue weighted by molar-refractivity contribution is 6.45. The number of alkyl halides is 2. The highest BCUT2D eigenvalue weighted by Gasteiger charge is 2.56. The van der Waals surface area contributed by atoms with Crippen molar-refractivity contribution in [3.05, 3.63) is 48.0 Å². The molecule has 0 radical (unpaired) electrons. The third-order valence-corrected chi connectivity index (χ3v) is 7.80. The number of anilines is 1. The topological polar surface area (TPSA) is 137 Å². The van der Waals surface area contributed by atoms with Crippen LogP contribution in [-0.4, -0.2) is 68.8 Å². The number of benzene rings is 1. The van der Waals surface area contributed by atoms with Gasteiger partial charge in [-0.15, -0.1) is 0 Å². The van der Waals surface area contributed by atoms with Gasteiger partial charge in [0.1, 0.15) is 24.1 Å². The fourth-order valence-electron chi connectivity index (χ4n) is 5.57. The lowest BCUT2D eigenvalue weighted by atomic mass is 9.91. The molecule has 2 aromatic rings. The molecule has 3 aliphatic rings. The first kappa shape index (κ1) is 27.6. The van der Waals surface area contributed by atoms with Gasteiger partial charge in [-0.1, -0.05) is 6.42 Å². The maximum atomic E-state index is 14.3. The summed E-state index contributed by atoms with van der Waals surface area (Å²) in [5.74, 6) is -3.24. The molecule has 3 fully saturated rings. The summed E-state index contributed by atoms with van der Waals surface area (Å²) in [5.41, 5.74) is 0.378. The molecule has 40 heavy (non-hydrogen) atoms. The van der Waals surface area contributed by atoms with Gasteiger partial charge < -0.3 is 20.3 Å². The molecule has 2 heterocycles. The summed E-state index contributed by atoms with van der Waals surface area (Å²) in [6.45, 7) is 1.18. The van der Waals surface area contributed by atoms with E-state index in [-0.39, 0.29) is 55.1 Å². The SMILES string of the molecule is CC(=O)C(=N)c1cc(OCc2ncccn2)ccc1NCC(=O)N1[C@@H]2C[C@@H]2C[C@H]1C(=O)NC1CCCCC1(F)F. The summed E-state index contributed by atoms with van der Waals surface area (Å²) in [7, 11) is 0. The second kappa shape index (κ2) is 11.3. The van der Waals surface area contributed by atoms with Gasteiger partial charge in [0.25, 0.3) is 5.92 Å². The number of ketones is 1. The Hall–Kier alpha value is -3.96. The van der Waals surface area contributed by atoms with E-state index in [4.69, 9.17) is 10.1 Å². The fourth-order valence-corrected chi connectivity index (χ4v) is 5.57. The predicted octanol–water partition coefficient (Wildman–Crippen LogP) is 3.11. The Labute approximate surface area is 230 Å². The molecule has 1 saturated heterocycles. The lowest BCUT2D eigenvalue weighted by Gasteiger charge is -2.34. The van der Waals surface area contributed by atoms with Gasteiger partial charge in [-0.05, 0) is 55.9 Å². The van der Waals surface area contributed by atoms with E-state index in [1.54, 1.807) is 30.6 Å². The number of likely N-dealkylation sites (tertiary alicyclic amines) is 1. The minimum Gasteiger partial charge on any atom is -0.486 e. The van der Waals surface area contributed by atoms with Crippen molar-refractivity contribution in [2.45, 2.75) is 76.1 Å². The summed E-state index contributed by atoms with van der Waals surface area (Å²) in [5, 5.41) is 13.8. The zero-order chi connectivity index (χ0) is 28.4. The van der Waals surface area contributed by atoms with E-state index in [1.165, 1.54) is 17.9 Å². The van der Waals surface area contributed by atoms with Gasteiger partial charge in [0.15, 0.2) is 11.6 Å². The standard InChI is InChI=1S/C28H32F2N6O4/c1-16(37)26(31)19-13-18(40-15-24-32-9-4-10-33-24)6-7-20(19)34-14-25(38)36-21-11-17(21)12-22(36)27(39)35-23-5-2-3-8-28(23,29)30/h4,6-7,9-10,13,17,21-23,31,34H,2-3,5,8,11-12,14-15H2,1H3,(H,35,39)/t17-,21-,22+,23?/m1/s1. The van der Waals surface area contributed by atoms with Crippen LogP contribution in [0.15, 0.2) is 36.7 Å². The van der Waals surface area contributed by atoms with Crippen molar-refractivity contribution in [3.8, 4) is 5.75 Å². The van der Waals surface area contributed by atoms with Crippen LogP contribution in [0.2, 0.25) is 0 Å². The molecule has 2 amide bonds. The normalized spacial score (nSPS) is 24.5. The third-order valence-electron chi connectivity index (χ3n) is 7.80. The molecule has 1 aromatic carbocycles. The maximum absolute atomic E-state index is 14.3. The van der Waals surface area contributed by atoms with Crippen molar-refractivity contribution in [3.63, 3.8) is 0 Å². The Balaban J connectivity index is 1.25. The number of carbonyl (C=O) groups is 3. The van der Waals surface area contributed by atoms with Crippen LogP contribution in [0.25, 0.3) is 0 Å². The number of nitrogens with zero attached hydrogens (tertiary/aromatic N) is 3. The van der Waals surface area contributed by atoms with Crippen LogP contribution in [0.5, 0.6) is 5.75 Å². The molecule has 3 N–H and O–H groups in total. The Morgan fingerprint density at radius 3 is 2.67 bits per heavy atom. The number of piperidine rings is 1. The summed E-state index contributed by atoms with van der Waals surface area (Å²) in [6.07, 6.45) is 5.46. The molecule has 1 unspecified atom stereocenters. The number of halogens is 2. The Kier molecular flexibility index (Phi) is 7.77. The van der Waals surface area contributed by atoms with Crippen LogP contribution in [0, 0.1) is 11.3 Å². The van der Waals surface area contributed by atoms with Crippen molar-refractivity contribution in [2.75, 3.05) is 11.9 Å². The van der Waals surface area contributed by atoms with E-state index < -0.39 is 29.7 Å². The molecule has 2 aliphatic carbocycles. The number of Topliss-reactive ketones (excluding diaryl/α,β-unsaturated/α-hetero) is 1. The summed E-state index contributed by atoms with van der Waals surface area (Å²) < 4.78 is 34.4. The monoisotopic (exact) mass is 554 g/mol. The molecule has 5 rings (SSSR count). The number of rotatable bonds is 10. The average Bonchev–Trinajstić information content (AvgIpc) is 3.60. The molecule has 0 spiro atoms. The van der Waals surface area contributed by atoms with Crippen LogP contribution in [0.1, 0.15) is 56.8 Å². The third kappa shape index (κ3) is 5.95. The Morgan fingerprint density at radius 2 is 1.95 bits per heavy atom. The minimum atomic E-state index is -2.95. The minimum absolute atomic E-state index is 0.0807. The summed E-state index contributed by atoms with van der Waals surface area (Å²) in [4.78, 5) is 48.1. The van der Waals surface area contributed by atoms with Crippen LogP contribution >= 0.6 is 0 Å². The molecule has 1 aliphatic heterocycles. The number of carbonyl (C=O) groups excluding carboxylic acids is 3. The second-order valence-electron chi connectivity index (χ2n) is 10.6. The van der Waals surface area contributed by atoms with Gasteiger partial charge >= 0.3 is 0 Å². The lowest BCUT2D eigenvalue weighted by molar-refractivity contribution is -0.141. The zero-order valence-corrected chi connectivity index (χ0v) is 22.2. The molecular weight excluding hydrogens is 522 g/mol.